The molecule has 0 amide bonds. The Hall–Kier alpha value is -0.540. The second-order valence-electron chi connectivity index (χ2n) is 2.25. The van der Waals surface area contributed by atoms with E-state index in [1.807, 2.05) is 0 Å². The standard InChI is InChI=1S/C9H7BrClFO/c10-8-3-2-7(6-9(8)12)13-5-1-4-11/h1-4,6H,5H2. The minimum atomic E-state index is -0.340. The summed E-state index contributed by atoms with van der Waals surface area (Å²) in [6, 6.07) is 4.58. The number of hydrogen-bond donors (Lipinski definition) is 0. The first-order chi connectivity index (χ1) is 6.24. The zero-order chi connectivity index (χ0) is 9.68. The third-order valence-corrected chi connectivity index (χ3v) is 2.15. The minimum absolute atomic E-state index is 0.338. The number of rotatable bonds is 3. The van der Waals surface area contributed by atoms with Gasteiger partial charge in [0, 0.05) is 11.6 Å². The van der Waals surface area contributed by atoms with Gasteiger partial charge in [0.05, 0.1) is 4.47 Å². The molecule has 1 aromatic rings. The number of hydrogen-bond acceptors (Lipinski definition) is 1. The van der Waals surface area contributed by atoms with E-state index >= 15 is 0 Å². The topological polar surface area (TPSA) is 9.23 Å². The molecule has 4 heteroatoms. The van der Waals surface area contributed by atoms with Crippen LogP contribution in [0.1, 0.15) is 0 Å². The minimum Gasteiger partial charge on any atom is -0.489 e. The fourth-order valence-corrected chi connectivity index (χ4v) is 1.07. The largest absolute Gasteiger partial charge is 0.489 e. The van der Waals surface area contributed by atoms with Gasteiger partial charge < -0.3 is 4.74 Å². The van der Waals surface area contributed by atoms with Crippen molar-refractivity contribution in [2.75, 3.05) is 6.61 Å². The van der Waals surface area contributed by atoms with Crippen molar-refractivity contribution in [2.45, 2.75) is 0 Å². The fraction of sp³-hybridized carbons (Fsp3) is 0.111. The summed E-state index contributed by atoms with van der Waals surface area (Å²) in [5, 5.41) is 0. The predicted molar refractivity (Wildman–Crippen MR) is 54.6 cm³/mol. The Morgan fingerprint density at radius 1 is 1.54 bits per heavy atom. The Labute approximate surface area is 89.3 Å². The molecule has 13 heavy (non-hydrogen) atoms. The lowest BCUT2D eigenvalue weighted by molar-refractivity contribution is 0.360. The first-order valence-electron chi connectivity index (χ1n) is 3.57. The van der Waals surface area contributed by atoms with Crippen molar-refractivity contribution in [3.05, 3.63) is 40.1 Å². The van der Waals surface area contributed by atoms with Crippen LogP contribution >= 0.6 is 27.5 Å². The Balaban J connectivity index is 2.63. The predicted octanol–water partition coefficient (Wildman–Crippen LogP) is 3.72. The maximum atomic E-state index is 12.9. The molecular weight excluding hydrogens is 258 g/mol. The Morgan fingerprint density at radius 2 is 2.31 bits per heavy atom. The number of halogens is 3. The van der Waals surface area contributed by atoms with Crippen LogP contribution in [0, 0.1) is 5.82 Å². The van der Waals surface area contributed by atoms with Gasteiger partial charge in [-0.2, -0.15) is 0 Å². The molecule has 0 spiro atoms. The lowest BCUT2D eigenvalue weighted by Crippen LogP contribution is -1.93. The molecule has 1 aromatic carbocycles. The van der Waals surface area contributed by atoms with E-state index in [0.717, 1.165) is 0 Å². The van der Waals surface area contributed by atoms with Crippen LogP contribution in [-0.2, 0) is 0 Å². The normalized spacial score (nSPS) is 10.7. The second-order valence-corrected chi connectivity index (χ2v) is 3.35. The fourth-order valence-electron chi connectivity index (χ4n) is 0.747. The van der Waals surface area contributed by atoms with Crippen molar-refractivity contribution in [1.82, 2.24) is 0 Å². The van der Waals surface area contributed by atoms with E-state index in [4.69, 9.17) is 16.3 Å². The van der Waals surface area contributed by atoms with Gasteiger partial charge in [0.1, 0.15) is 18.2 Å². The third-order valence-electron chi connectivity index (χ3n) is 1.33. The van der Waals surface area contributed by atoms with Gasteiger partial charge in [-0.3, -0.25) is 0 Å². The van der Waals surface area contributed by atoms with Gasteiger partial charge in [-0.15, -0.1) is 0 Å². The lowest BCUT2D eigenvalue weighted by atomic mass is 10.3. The second kappa shape index (κ2) is 5.25. The average Bonchev–Trinajstić information content (AvgIpc) is 2.12. The molecule has 0 aromatic heterocycles. The molecule has 0 fully saturated rings. The molecule has 0 radical (unpaired) electrons. The highest BCUT2D eigenvalue weighted by Gasteiger charge is 1.99. The van der Waals surface area contributed by atoms with Crippen molar-refractivity contribution in [3.8, 4) is 5.75 Å². The van der Waals surface area contributed by atoms with Crippen molar-refractivity contribution >= 4 is 27.5 Å². The molecule has 1 nitrogen and oxygen atoms in total. The first kappa shape index (κ1) is 10.5. The number of ether oxygens (including phenoxy) is 1. The van der Waals surface area contributed by atoms with Crippen LogP contribution in [0.15, 0.2) is 34.3 Å². The highest BCUT2D eigenvalue weighted by Crippen LogP contribution is 2.20. The van der Waals surface area contributed by atoms with E-state index in [9.17, 15) is 4.39 Å². The van der Waals surface area contributed by atoms with Gasteiger partial charge >= 0.3 is 0 Å². The third kappa shape index (κ3) is 3.36. The molecule has 0 saturated carbocycles. The summed E-state index contributed by atoms with van der Waals surface area (Å²) >= 11 is 8.33. The summed E-state index contributed by atoms with van der Waals surface area (Å²) < 4.78 is 18.5. The average molecular weight is 266 g/mol. The van der Waals surface area contributed by atoms with Gasteiger partial charge in [-0.25, -0.2) is 4.39 Å². The molecule has 0 atom stereocenters. The molecule has 0 saturated heterocycles. The molecule has 0 bridgehead atoms. The van der Waals surface area contributed by atoms with Crippen molar-refractivity contribution in [3.63, 3.8) is 0 Å². The van der Waals surface area contributed by atoms with Crippen LogP contribution in [0.25, 0.3) is 0 Å². The highest BCUT2D eigenvalue weighted by molar-refractivity contribution is 9.10. The Morgan fingerprint density at radius 3 is 2.92 bits per heavy atom. The van der Waals surface area contributed by atoms with Crippen molar-refractivity contribution in [1.29, 1.82) is 0 Å². The summed E-state index contributed by atoms with van der Waals surface area (Å²) in [5.74, 6) is 0.141. The summed E-state index contributed by atoms with van der Waals surface area (Å²) in [7, 11) is 0. The quantitative estimate of drug-likeness (QED) is 0.809. The van der Waals surface area contributed by atoms with Gasteiger partial charge in [-0.05, 0) is 34.1 Å². The maximum Gasteiger partial charge on any atom is 0.141 e. The van der Waals surface area contributed by atoms with E-state index in [0.29, 0.717) is 16.8 Å². The van der Waals surface area contributed by atoms with Crippen LogP contribution in [0.5, 0.6) is 5.75 Å². The molecule has 70 valence electrons. The molecule has 0 aliphatic heterocycles. The van der Waals surface area contributed by atoms with Crippen LogP contribution in [0.4, 0.5) is 4.39 Å². The summed E-state index contributed by atoms with van der Waals surface area (Å²) in [6.07, 6.45) is 1.63. The smallest absolute Gasteiger partial charge is 0.141 e. The van der Waals surface area contributed by atoms with Crippen molar-refractivity contribution in [2.24, 2.45) is 0 Å². The highest BCUT2D eigenvalue weighted by atomic mass is 79.9. The molecule has 0 N–H and O–H groups in total. The van der Waals surface area contributed by atoms with E-state index in [1.54, 1.807) is 18.2 Å². The lowest BCUT2D eigenvalue weighted by Gasteiger charge is -2.03. The molecule has 1 rings (SSSR count). The zero-order valence-electron chi connectivity index (χ0n) is 6.64. The summed E-state index contributed by atoms with van der Waals surface area (Å²) in [6.45, 7) is 0.338. The molecule has 0 aliphatic carbocycles. The van der Waals surface area contributed by atoms with Crippen LogP contribution in [-0.4, -0.2) is 6.61 Å². The van der Waals surface area contributed by atoms with Gasteiger partial charge in [-0.1, -0.05) is 11.6 Å². The number of benzene rings is 1. The van der Waals surface area contributed by atoms with E-state index < -0.39 is 0 Å². The van der Waals surface area contributed by atoms with E-state index in [2.05, 4.69) is 15.9 Å². The summed E-state index contributed by atoms with van der Waals surface area (Å²) in [4.78, 5) is 0. The van der Waals surface area contributed by atoms with E-state index in [-0.39, 0.29) is 5.82 Å². The van der Waals surface area contributed by atoms with Gasteiger partial charge in [0.2, 0.25) is 0 Å². The molecular formula is C9H7BrClFO. The molecule has 0 heterocycles. The maximum absolute atomic E-state index is 12.9. The first-order valence-corrected chi connectivity index (χ1v) is 4.80. The van der Waals surface area contributed by atoms with Crippen LogP contribution < -0.4 is 4.74 Å². The Bertz CT molecular complexity index is 314. The zero-order valence-corrected chi connectivity index (χ0v) is 8.98. The SMILES string of the molecule is Fc1cc(OCC=CCl)ccc1Br. The van der Waals surface area contributed by atoms with Crippen molar-refractivity contribution < 1.29 is 9.13 Å². The van der Waals surface area contributed by atoms with Crippen LogP contribution in [0.2, 0.25) is 0 Å². The van der Waals surface area contributed by atoms with Gasteiger partial charge in [0.25, 0.3) is 0 Å². The molecule has 0 aliphatic rings. The molecule has 0 unspecified atom stereocenters. The van der Waals surface area contributed by atoms with Crippen LogP contribution in [0.3, 0.4) is 0 Å². The van der Waals surface area contributed by atoms with E-state index in [1.165, 1.54) is 11.6 Å². The van der Waals surface area contributed by atoms with Gasteiger partial charge in [0.15, 0.2) is 0 Å². The Kier molecular flexibility index (Phi) is 4.25. The summed E-state index contributed by atoms with van der Waals surface area (Å²) in [5.41, 5.74) is 1.36. The monoisotopic (exact) mass is 264 g/mol.